The number of nitrogens with one attached hydrogen (secondary N) is 1. The van der Waals surface area contributed by atoms with Crippen LogP contribution in [0.25, 0.3) is 0 Å². The summed E-state index contributed by atoms with van der Waals surface area (Å²) in [5.41, 5.74) is 3.58. The third-order valence-electron chi connectivity index (χ3n) is 3.55. The molecule has 2 aliphatic rings. The third kappa shape index (κ3) is 1.42. The fourth-order valence-electron chi connectivity index (χ4n) is 2.73. The van der Waals surface area contributed by atoms with Crippen molar-refractivity contribution < 1.29 is 0 Å². The Morgan fingerprint density at radius 3 is 2.71 bits per heavy atom. The first kappa shape index (κ1) is 8.36. The molecule has 2 fully saturated rings. The van der Waals surface area contributed by atoms with E-state index in [0.717, 1.165) is 5.92 Å². The van der Waals surface area contributed by atoms with Gasteiger partial charge < -0.3 is 10.3 Å². The van der Waals surface area contributed by atoms with Crippen molar-refractivity contribution in [3.8, 4) is 0 Å². The summed E-state index contributed by atoms with van der Waals surface area (Å²) < 4.78 is 2.10. The zero-order valence-electron chi connectivity index (χ0n) is 8.39. The Balaban J connectivity index is 1.67. The number of piperidine rings is 1. The molecule has 1 N–H and O–H groups in total. The maximum Gasteiger partial charge on any atom is 0.0477 e. The summed E-state index contributed by atoms with van der Waals surface area (Å²) in [6, 6.07) is 4.81. The second-order valence-corrected chi connectivity index (χ2v) is 4.46. The van der Waals surface area contributed by atoms with Gasteiger partial charge in [-0.25, -0.2) is 0 Å². The van der Waals surface area contributed by atoms with E-state index in [2.05, 4.69) is 39.5 Å². The van der Waals surface area contributed by atoms with E-state index in [4.69, 9.17) is 0 Å². The number of nitrogens with zero attached hydrogens (tertiary/aromatic N) is 2. The number of aromatic nitrogens is 1. The predicted octanol–water partition coefficient (Wildman–Crippen LogP) is 1.13. The lowest BCUT2D eigenvalue weighted by Crippen LogP contribution is -2.42. The highest BCUT2D eigenvalue weighted by Gasteiger charge is 2.34. The van der Waals surface area contributed by atoms with Gasteiger partial charge in [0.1, 0.15) is 0 Å². The summed E-state index contributed by atoms with van der Waals surface area (Å²) >= 11 is 0. The Kier molecular flexibility index (Phi) is 1.98. The molecule has 0 saturated carbocycles. The van der Waals surface area contributed by atoms with Gasteiger partial charge in [-0.15, -0.1) is 0 Å². The Bertz CT molecular complexity index is 293. The number of fused-ring (bicyclic) bond motifs is 2. The first-order chi connectivity index (χ1) is 6.92. The van der Waals surface area contributed by atoms with Crippen molar-refractivity contribution in [1.82, 2.24) is 9.58 Å². The van der Waals surface area contributed by atoms with Crippen molar-refractivity contribution in [3.63, 3.8) is 0 Å². The maximum atomic E-state index is 3.58. The Morgan fingerprint density at radius 2 is 1.86 bits per heavy atom. The molecule has 0 aliphatic carbocycles. The van der Waals surface area contributed by atoms with Crippen molar-refractivity contribution in [2.45, 2.75) is 18.9 Å². The molecule has 3 unspecified atom stereocenters. The van der Waals surface area contributed by atoms with E-state index in [1.54, 1.807) is 0 Å². The standard InChI is InChI=1S/C11H17N3/c1-2-6-14(5-1)12-11-4-8-13-7-3-10(11)9-13/h1-2,5-6,10-12H,3-4,7-9H2. The zero-order valence-corrected chi connectivity index (χ0v) is 8.39. The number of rotatable bonds is 2. The SMILES string of the molecule is c1ccn(NC2CCN3CCC2C3)c1. The molecule has 0 spiro atoms. The molecule has 3 nitrogen and oxygen atoms in total. The molecule has 1 aromatic rings. The van der Waals surface area contributed by atoms with Crippen molar-refractivity contribution in [3.05, 3.63) is 24.5 Å². The smallest absolute Gasteiger partial charge is 0.0477 e. The molecule has 3 rings (SSSR count). The quantitative estimate of drug-likeness (QED) is 0.756. The van der Waals surface area contributed by atoms with Crippen molar-refractivity contribution in [2.75, 3.05) is 25.1 Å². The van der Waals surface area contributed by atoms with E-state index >= 15 is 0 Å². The molecule has 1 aromatic heterocycles. The summed E-state index contributed by atoms with van der Waals surface area (Å²) in [5.74, 6) is 0.867. The lowest BCUT2D eigenvalue weighted by atomic mass is 9.95. The summed E-state index contributed by atoms with van der Waals surface area (Å²) in [6.45, 7) is 3.89. The molecular weight excluding hydrogens is 174 g/mol. The van der Waals surface area contributed by atoms with Crippen LogP contribution < -0.4 is 5.43 Å². The van der Waals surface area contributed by atoms with Crippen LogP contribution in [0.3, 0.4) is 0 Å². The fourth-order valence-corrected chi connectivity index (χ4v) is 2.73. The fraction of sp³-hybridized carbons (Fsp3) is 0.636. The van der Waals surface area contributed by atoms with Crippen LogP contribution in [0.2, 0.25) is 0 Å². The van der Waals surface area contributed by atoms with Crippen molar-refractivity contribution in [1.29, 1.82) is 0 Å². The molecule has 0 amide bonds. The van der Waals surface area contributed by atoms with Crippen LogP contribution in [-0.4, -0.2) is 35.3 Å². The molecule has 2 aliphatic heterocycles. The number of hydrogen-bond donors (Lipinski definition) is 1. The molecule has 3 heterocycles. The minimum atomic E-state index is 0.682. The largest absolute Gasteiger partial charge is 0.323 e. The average Bonchev–Trinajstić information content (AvgIpc) is 2.80. The van der Waals surface area contributed by atoms with E-state index in [9.17, 15) is 0 Å². The molecule has 0 aromatic carbocycles. The second kappa shape index (κ2) is 3.31. The van der Waals surface area contributed by atoms with Gasteiger partial charge in [0.2, 0.25) is 0 Å². The topological polar surface area (TPSA) is 20.2 Å². The van der Waals surface area contributed by atoms with E-state index in [0.29, 0.717) is 6.04 Å². The van der Waals surface area contributed by atoms with Gasteiger partial charge in [-0.1, -0.05) is 0 Å². The molecule has 0 radical (unpaired) electrons. The van der Waals surface area contributed by atoms with E-state index in [-0.39, 0.29) is 0 Å². The molecule has 3 heteroatoms. The van der Waals surface area contributed by atoms with Crippen LogP contribution in [0.4, 0.5) is 0 Å². The first-order valence-corrected chi connectivity index (χ1v) is 5.54. The normalized spacial score (nSPS) is 35.9. The highest BCUT2D eigenvalue weighted by atomic mass is 15.4. The van der Waals surface area contributed by atoms with Crippen LogP contribution in [-0.2, 0) is 0 Å². The van der Waals surface area contributed by atoms with Gasteiger partial charge in [-0.05, 0) is 37.4 Å². The van der Waals surface area contributed by atoms with Crippen LogP contribution in [0.15, 0.2) is 24.5 Å². The van der Waals surface area contributed by atoms with E-state index < -0.39 is 0 Å². The van der Waals surface area contributed by atoms with Gasteiger partial charge in [0.15, 0.2) is 0 Å². The Morgan fingerprint density at radius 1 is 1.07 bits per heavy atom. The van der Waals surface area contributed by atoms with Gasteiger partial charge in [0.25, 0.3) is 0 Å². The van der Waals surface area contributed by atoms with Gasteiger partial charge in [-0.2, -0.15) is 0 Å². The molecule has 76 valence electrons. The molecule has 3 atom stereocenters. The van der Waals surface area contributed by atoms with Crippen LogP contribution in [0.1, 0.15) is 12.8 Å². The van der Waals surface area contributed by atoms with E-state index in [1.807, 2.05) is 0 Å². The highest BCUT2D eigenvalue weighted by molar-refractivity contribution is 5.00. The van der Waals surface area contributed by atoms with Crippen molar-refractivity contribution >= 4 is 0 Å². The van der Waals surface area contributed by atoms with Crippen LogP contribution in [0.5, 0.6) is 0 Å². The molecular formula is C11H17N3. The lowest BCUT2D eigenvalue weighted by molar-refractivity contribution is 0.248. The van der Waals surface area contributed by atoms with Crippen molar-refractivity contribution in [2.24, 2.45) is 5.92 Å². The summed E-state index contributed by atoms with van der Waals surface area (Å²) in [7, 11) is 0. The van der Waals surface area contributed by atoms with Crippen LogP contribution >= 0.6 is 0 Å². The number of hydrogen-bond acceptors (Lipinski definition) is 2. The van der Waals surface area contributed by atoms with Crippen LogP contribution in [0, 0.1) is 5.92 Å². The lowest BCUT2D eigenvalue weighted by Gasteiger charge is -2.31. The van der Waals surface area contributed by atoms with Gasteiger partial charge in [-0.3, -0.25) is 4.68 Å². The highest BCUT2D eigenvalue weighted by Crippen LogP contribution is 2.27. The van der Waals surface area contributed by atoms with Gasteiger partial charge in [0.05, 0.1) is 0 Å². The maximum absolute atomic E-state index is 3.58. The Hall–Kier alpha value is -0.960. The molecule has 2 saturated heterocycles. The average molecular weight is 191 g/mol. The van der Waals surface area contributed by atoms with Gasteiger partial charge >= 0.3 is 0 Å². The van der Waals surface area contributed by atoms with E-state index in [1.165, 1.54) is 32.5 Å². The zero-order chi connectivity index (χ0) is 9.38. The third-order valence-corrected chi connectivity index (χ3v) is 3.55. The summed E-state index contributed by atoms with van der Waals surface area (Å²) in [4.78, 5) is 2.58. The minimum absolute atomic E-state index is 0.682. The Labute approximate surface area is 84.7 Å². The summed E-state index contributed by atoms with van der Waals surface area (Å²) in [5, 5.41) is 0. The minimum Gasteiger partial charge on any atom is -0.323 e. The molecule has 2 bridgehead atoms. The van der Waals surface area contributed by atoms with Gasteiger partial charge in [0, 0.05) is 31.5 Å². The summed E-state index contributed by atoms with van der Waals surface area (Å²) in [6.07, 6.45) is 6.84. The molecule has 14 heavy (non-hydrogen) atoms. The predicted molar refractivity (Wildman–Crippen MR) is 56.7 cm³/mol. The second-order valence-electron chi connectivity index (χ2n) is 4.46. The monoisotopic (exact) mass is 191 g/mol. The first-order valence-electron chi connectivity index (χ1n) is 5.54.